The minimum Gasteiger partial charge on any atom is -0.366 e. The van der Waals surface area contributed by atoms with Crippen LogP contribution in [0.25, 0.3) is 10.8 Å². The number of aldehydes is 1. The lowest BCUT2D eigenvalue weighted by Gasteiger charge is -2.35. The van der Waals surface area contributed by atoms with Crippen LogP contribution in [-0.4, -0.2) is 41.8 Å². The average Bonchev–Trinajstić information content (AvgIpc) is 2.47. The van der Waals surface area contributed by atoms with Gasteiger partial charge in [0.15, 0.2) is 6.29 Å². The SMILES string of the molecule is O=CC1C(O)OCCN1Cc1ccc2ccccc2c1. The molecule has 4 nitrogen and oxygen atoms in total. The molecular formula is C16H17NO3. The molecule has 1 fully saturated rings. The van der Waals surface area contributed by atoms with E-state index in [1.165, 1.54) is 10.8 Å². The number of carbonyl (C=O) groups excluding carboxylic acids is 1. The minimum absolute atomic E-state index is 0.444. The van der Waals surface area contributed by atoms with Crippen LogP contribution in [0, 0.1) is 0 Å². The summed E-state index contributed by atoms with van der Waals surface area (Å²) < 4.78 is 5.10. The van der Waals surface area contributed by atoms with Crippen LogP contribution in [0.1, 0.15) is 5.56 Å². The van der Waals surface area contributed by atoms with E-state index < -0.39 is 12.3 Å². The Kier molecular flexibility index (Phi) is 3.78. The van der Waals surface area contributed by atoms with Gasteiger partial charge in [0, 0.05) is 13.1 Å². The fraction of sp³-hybridized carbons (Fsp3) is 0.312. The van der Waals surface area contributed by atoms with Crippen LogP contribution < -0.4 is 0 Å². The fourth-order valence-electron chi connectivity index (χ4n) is 2.63. The van der Waals surface area contributed by atoms with Crippen molar-refractivity contribution in [2.45, 2.75) is 18.9 Å². The normalized spacial score (nSPS) is 23.9. The van der Waals surface area contributed by atoms with Crippen LogP contribution in [0.15, 0.2) is 42.5 Å². The lowest BCUT2D eigenvalue weighted by atomic mass is 10.1. The number of fused-ring (bicyclic) bond motifs is 1. The molecule has 3 rings (SSSR count). The molecule has 2 aromatic rings. The number of morpholine rings is 1. The van der Waals surface area contributed by atoms with Crippen molar-refractivity contribution in [2.75, 3.05) is 13.2 Å². The smallest absolute Gasteiger partial charge is 0.177 e. The van der Waals surface area contributed by atoms with Crippen molar-refractivity contribution < 1.29 is 14.6 Å². The second-order valence-corrected chi connectivity index (χ2v) is 5.04. The van der Waals surface area contributed by atoms with Crippen LogP contribution in [0.3, 0.4) is 0 Å². The number of hydrogen-bond donors (Lipinski definition) is 1. The number of aliphatic hydroxyl groups is 1. The molecule has 2 atom stereocenters. The van der Waals surface area contributed by atoms with Crippen molar-refractivity contribution in [2.24, 2.45) is 0 Å². The second kappa shape index (κ2) is 5.71. The predicted molar refractivity (Wildman–Crippen MR) is 76.2 cm³/mol. The van der Waals surface area contributed by atoms with E-state index in [0.29, 0.717) is 19.7 Å². The molecule has 1 N–H and O–H groups in total. The summed E-state index contributed by atoms with van der Waals surface area (Å²) in [5.74, 6) is 0. The number of hydrogen-bond acceptors (Lipinski definition) is 4. The zero-order chi connectivity index (χ0) is 13.9. The van der Waals surface area contributed by atoms with Gasteiger partial charge in [-0.05, 0) is 22.4 Å². The molecule has 1 saturated heterocycles. The van der Waals surface area contributed by atoms with Crippen molar-refractivity contribution in [1.29, 1.82) is 0 Å². The quantitative estimate of drug-likeness (QED) is 0.861. The van der Waals surface area contributed by atoms with E-state index in [0.717, 1.165) is 11.8 Å². The zero-order valence-electron chi connectivity index (χ0n) is 11.1. The molecular weight excluding hydrogens is 254 g/mol. The molecule has 1 aliphatic rings. The fourth-order valence-corrected chi connectivity index (χ4v) is 2.63. The van der Waals surface area contributed by atoms with Crippen molar-refractivity contribution >= 4 is 17.1 Å². The Labute approximate surface area is 117 Å². The third-order valence-electron chi connectivity index (χ3n) is 3.72. The summed E-state index contributed by atoms with van der Waals surface area (Å²) >= 11 is 0. The van der Waals surface area contributed by atoms with Gasteiger partial charge in [-0.1, -0.05) is 36.4 Å². The Morgan fingerprint density at radius 3 is 2.85 bits per heavy atom. The Hall–Kier alpha value is -1.75. The van der Waals surface area contributed by atoms with Crippen LogP contribution in [0.4, 0.5) is 0 Å². The van der Waals surface area contributed by atoms with Crippen LogP contribution in [-0.2, 0) is 16.1 Å². The molecule has 0 aromatic heterocycles. The van der Waals surface area contributed by atoms with Gasteiger partial charge in [0.25, 0.3) is 0 Å². The zero-order valence-corrected chi connectivity index (χ0v) is 11.1. The predicted octanol–water partition coefficient (Wildman–Crippen LogP) is 1.56. The van der Waals surface area contributed by atoms with Gasteiger partial charge in [-0.3, -0.25) is 4.90 Å². The third kappa shape index (κ3) is 2.58. The maximum Gasteiger partial charge on any atom is 0.177 e. The number of carbonyl (C=O) groups is 1. The molecule has 0 aliphatic carbocycles. The topological polar surface area (TPSA) is 49.8 Å². The molecule has 0 spiro atoms. The monoisotopic (exact) mass is 271 g/mol. The van der Waals surface area contributed by atoms with Crippen molar-refractivity contribution in [3.63, 3.8) is 0 Å². The summed E-state index contributed by atoms with van der Waals surface area (Å²) in [5.41, 5.74) is 1.13. The molecule has 0 amide bonds. The van der Waals surface area contributed by atoms with E-state index in [-0.39, 0.29) is 0 Å². The molecule has 1 aliphatic heterocycles. The first-order valence-corrected chi connectivity index (χ1v) is 6.74. The summed E-state index contributed by atoms with van der Waals surface area (Å²) in [4.78, 5) is 13.1. The van der Waals surface area contributed by atoms with Gasteiger partial charge in [0.2, 0.25) is 0 Å². The van der Waals surface area contributed by atoms with E-state index in [1.54, 1.807) is 0 Å². The van der Waals surface area contributed by atoms with Crippen molar-refractivity contribution in [3.8, 4) is 0 Å². The van der Waals surface area contributed by atoms with E-state index >= 15 is 0 Å². The third-order valence-corrected chi connectivity index (χ3v) is 3.72. The lowest BCUT2D eigenvalue weighted by molar-refractivity contribution is -0.180. The molecule has 2 aromatic carbocycles. The van der Waals surface area contributed by atoms with Crippen LogP contribution in [0.5, 0.6) is 0 Å². The second-order valence-electron chi connectivity index (χ2n) is 5.04. The number of rotatable bonds is 3. The first kappa shape index (κ1) is 13.2. The Bertz CT molecular complexity index is 613. The maximum absolute atomic E-state index is 11.1. The van der Waals surface area contributed by atoms with Gasteiger partial charge in [0.05, 0.1) is 6.61 Å². The molecule has 0 bridgehead atoms. The van der Waals surface area contributed by atoms with Gasteiger partial charge >= 0.3 is 0 Å². The number of aliphatic hydroxyl groups excluding tert-OH is 1. The van der Waals surface area contributed by atoms with E-state index in [1.807, 2.05) is 17.0 Å². The summed E-state index contributed by atoms with van der Waals surface area (Å²) in [6.45, 7) is 1.72. The van der Waals surface area contributed by atoms with Gasteiger partial charge in [-0.2, -0.15) is 0 Å². The van der Waals surface area contributed by atoms with E-state index in [9.17, 15) is 9.90 Å². The first-order chi connectivity index (χ1) is 9.78. The van der Waals surface area contributed by atoms with Crippen molar-refractivity contribution in [1.82, 2.24) is 4.90 Å². The highest BCUT2D eigenvalue weighted by Gasteiger charge is 2.30. The summed E-state index contributed by atoms with van der Waals surface area (Å²) in [6, 6.07) is 13.9. The molecule has 20 heavy (non-hydrogen) atoms. The molecule has 1 heterocycles. The highest BCUT2D eigenvalue weighted by molar-refractivity contribution is 5.82. The van der Waals surface area contributed by atoms with E-state index in [4.69, 9.17) is 4.74 Å². The van der Waals surface area contributed by atoms with Gasteiger partial charge < -0.3 is 14.6 Å². The van der Waals surface area contributed by atoms with Crippen LogP contribution >= 0.6 is 0 Å². The summed E-state index contributed by atoms with van der Waals surface area (Å²) in [6.07, 6.45) is -0.271. The van der Waals surface area contributed by atoms with Gasteiger partial charge in [-0.15, -0.1) is 0 Å². The van der Waals surface area contributed by atoms with Gasteiger partial charge in [-0.25, -0.2) is 0 Å². The Morgan fingerprint density at radius 1 is 1.25 bits per heavy atom. The molecule has 0 saturated carbocycles. The standard InChI is InChI=1S/C16H17NO3/c18-11-15-16(19)20-8-7-17(15)10-12-5-6-13-3-1-2-4-14(13)9-12/h1-6,9,11,15-16,19H,7-8,10H2. The van der Waals surface area contributed by atoms with Crippen LogP contribution in [0.2, 0.25) is 0 Å². The highest BCUT2D eigenvalue weighted by Crippen LogP contribution is 2.19. The van der Waals surface area contributed by atoms with Gasteiger partial charge in [0.1, 0.15) is 12.3 Å². The maximum atomic E-state index is 11.1. The summed E-state index contributed by atoms with van der Waals surface area (Å²) in [7, 11) is 0. The Morgan fingerprint density at radius 2 is 2.05 bits per heavy atom. The molecule has 4 heteroatoms. The number of ether oxygens (including phenoxy) is 1. The summed E-state index contributed by atoms with van der Waals surface area (Å²) in [5, 5.41) is 12.1. The number of benzene rings is 2. The molecule has 0 radical (unpaired) electrons. The van der Waals surface area contributed by atoms with E-state index in [2.05, 4.69) is 30.3 Å². The molecule has 104 valence electrons. The van der Waals surface area contributed by atoms with Crippen molar-refractivity contribution in [3.05, 3.63) is 48.0 Å². The number of nitrogens with zero attached hydrogens (tertiary/aromatic N) is 1. The first-order valence-electron chi connectivity index (χ1n) is 6.74. The average molecular weight is 271 g/mol. The minimum atomic E-state index is -1.03. The Balaban J connectivity index is 1.82. The largest absolute Gasteiger partial charge is 0.366 e. The molecule has 2 unspecified atom stereocenters. The lowest BCUT2D eigenvalue weighted by Crippen LogP contribution is -2.51. The highest BCUT2D eigenvalue weighted by atomic mass is 16.6.